The second-order valence-corrected chi connectivity index (χ2v) is 7.17. The van der Waals surface area contributed by atoms with Crippen molar-refractivity contribution in [1.82, 2.24) is 4.90 Å². The molecule has 2 heterocycles. The van der Waals surface area contributed by atoms with Crippen molar-refractivity contribution in [1.29, 1.82) is 0 Å². The van der Waals surface area contributed by atoms with Crippen molar-refractivity contribution < 1.29 is 14.3 Å². The van der Waals surface area contributed by atoms with Crippen LogP contribution in [-0.2, 0) is 27.9 Å². The molecule has 136 valence electrons. The molecule has 0 aliphatic carbocycles. The highest BCUT2D eigenvalue weighted by Crippen LogP contribution is 2.38. The van der Waals surface area contributed by atoms with Gasteiger partial charge in [0.05, 0.1) is 12.5 Å². The number of nitrogens with zero attached hydrogens (tertiary/aromatic N) is 1. The minimum absolute atomic E-state index is 0.237. The lowest BCUT2D eigenvalue weighted by Gasteiger charge is -2.41. The fourth-order valence-corrected chi connectivity index (χ4v) is 4.23. The van der Waals surface area contributed by atoms with E-state index < -0.39 is 5.41 Å². The minimum atomic E-state index is -0.489. The van der Waals surface area contributed by atoms with Crippen LogP contribution in [0.15, 0.2) is 48.5 Å². The van der Waals surface area contributed by atoms with Crippen LogP contribution in [0.5, 0.6) is 5.75 Å². The monoisotopic (exact) mass is 351 g/mol. The van der Waals surface area contributed by atoms with Gasteiger partial charge in [-0.15, -0.1) is 0 Å². The number of methoxy groups -OCH3 is 1. The molecule has 0 aromatic heterocycles. The van der Waals surface area contributed by atoms with Gasteiger partial charge in [0.15, 0.2) is 0 Å². The maximum Gasteiger partial charge on any atom is 0.233 e. The van der Waals surface area contributed by atoms with Crippen LogP contribution in [0.4, 0.5) is 0 Å². The maximum absolute atomic E-state index is 13.7. The predicted molar refractivity (Wildman–Crippen MR) is 100 cm³/mol. The summed E-state index contributed by atoms with van der Waals surface area (Å²) in [6.45, 7) is 2.74. The van der Waals surface area contributed by atoms with Crippen molar-refractivity contribution >= 4 is 5.91 Å². The zero-order valence-electron chi connectivity index (χ0n) is 15.2. The molecule has 0 saturated carbocycles. The SMILES string of the molecule is COc1ccc(C2(C(=O)N3CCc4ccccc4C3)CCOCC2)cc1. The average Bonchev–Trinajstić information content (AvgIpc) is 2.73. The van der Waals surface area contributed by atoms with Crippen molar-refractivity contribution in [2.45, 2.75) is 31.2 Å². The molecule has 1 amide bonds. The smallest absolute Gasteiger partial charge is 0.233 e. The van der Waals surface area contributed by atoms with Crippen molar-refractivity contribution in [3.05, 3.63) is 65.2 Å². The fraction of sp³-hybridized carbons (Fsp3) is 0.409. The molecule has 0 radical (unpaired) electrons. The highest BCUT2D eigenvalue weighted by Gasteiger charge is 2.44. The summed E-state index contributed by atoms with van der Waals surface area (Å²) in [6, 6.07) is 16.4. The van der Waals surface area contributed by atoms with E-state index in [1.54, 1.807) is 7.11 Å². The van der Waals surface area contributed by atoms with E-state index in [9.17, 15) is 4.79 Å². The normalized spacial score (nSPS) is 18.9. The Kier molecular flexibility index (Phi) is 4.68. The predicted octanol–water partition coefficient (Wildman–Crippen LogP) is 3.33. The molecule has 4 heteroatoms. The Bertz CT molecular complexity index is 778. The van der Waals surface area contributed by atoms with E-state index in [1.807, 2.05) is 29.2 Å². The van der Waals surface area contributed by atoms with E-state index >= 15 is 0 Å². The topological polar surface area (TPSA) is 38.8 Å². The Morgan fingerprint density at radius 3 is 2.42 bits per heavy atom. The van der Waals surface area contributed by atoms with Gasteiger partial charge in [-0.3, -0.25) is 4.79 Å². The molecule has 2 aromatic carbocycles. The van der Waals surface area contributed by atoms with Gasteiger partial charge in [0.1, 0.15) is 5.75 Å². The van der Waals surface area contributed by atoms with Gasteiger partial charge in [-0.25, -0.2) is 0 Å². The molecule has 4 rings (SSSR count). The lowest BCUT2D eigenvalue weighted by atomic mass is 9.72. The van der Waals surface area contributed by atoms with Crippen molar-refractivity contribution in [2.75, 3.05) is 26.9 Å². The first-order chi connectivity index (χ1) is 12.7. The number of benzene rings is 2. The van der Waals surface area contributed by atoms with Crippen LogP contribution in [0.25, 0.3) is 0 Å². The lowest BCUT2D eigenvalue weighted by molar-refractivity contribution is -0.142. The fourth-order valence-electron chi connectivity index (χ4n) is 4.23. The molecule has 0 spiro atoms. The van der Waals surface area contributed by atoms with E-state index in [0.29, 0.717) is 19.8 Å². The van der Waals surface area contributed by atoms with Crippen molar-refractivity contribution in [3.8, 4) is 5.75 Å². The van der Waals surface area contributed by atoms with Crippen LogP contribution >= 0.6 is 0 Å². The van der Waals surface area contributed by atoms with Gasteiger partial charge < -0.3 is 14.4 Å². The summed E-state index contributed by atoms with van der Waals surface area (Å²) in [4.78, 5) is 15.7. The standard InChI is InChI=1S/C22H25NO3/c1-25-20-8-6-19(7-9-20)22(11-14-26-15-12-22)21(24)23-13-10-17-4-2-3-5-18(17)16-23/h2-9H,10-16H2,1H3. The Labute approximate surface area is 154 Å². The number of rotatable bonds is 3. The molecule has 4 nitrogen and oxygen atoms in total. The molecule has 0 bridgehead atoms. The van der Waals surface area contributed by atoms with Gasteiger partial charge in [0, 0.05) is 26.3 Å². The number of carbonyl (C=O) groups excluding carboxylic acids is 1. The van der Waals surface area contributed by atoms with Crippen LogP contribution in [0.3, 0.4) is 0 Å². The van der Waals surface area contributed by atoms with Crippen LogP contribution < -0.4 is 4.74 Å². The summed E-state index contributed by atoms with van der Waals surface area (Å²) in [7, 11) is 1.66. The zero-order valence-corrected chi connectivity index (χ0v) is 15.2. The maximum atomic E-state index is 13.7. The van der Waals surface area contributed by atoms with Crippen LogP contribution in [0.2, 0.25) is 0 Å². The first-order valence-electron chi connectivity index (χ1n) is 9.31. The largest absolute Gasteiger partial charge is 0.497 e. The Morgan fingerprint density at radius 2 is 1.73 bits per heavy atom. The lowest BCUT2D eigenvalue weighted by Crippen LogP contribution is -2.51. The summed E-state index contributed by atoms with van der Waals surface area (Å²) in [5.74, 6) is 1.05. The third-order valence-corrected chi connectivity index (χ3v) is 5.82. The first-order valence-corrected chi connectivity index (χ1v) is 9.31. The van der Waals surface area contributed by atoms with Crippen molar-refractivity contribution in [3.63, 3.8) is 0 Å². The summed E-state index contributed by atoms with van der Waals surface area (Å²) in [5.41, 5.74) is 3.22. The van der Waals surface area contributed by atoms with E-state index in [1.165, 1.54) is 11.1 Å². The third-order valence-electron chi connectivity index (χ3n) is 5.82. The average molecular weight is 351 g/mol. The highest BCUT2D eigenvalue weighted by atomic mass is 16.5. The first kappa shape index (κ1) is 17.1. The molecule has 0 N–H and O–H groups in total. The molecule has 2 aliphatic rings. The third kappa shape index (κ3) is 2.99. The van der Waals surface area contributed by atoms with Crippen molar-refractivity contribution in [2.24, 2.45) is 0 Å². The van der Waals surface area contributed by atoms with Crippen LogP contribution in [0, 0.1) is 0 Å². The zero-order chi connectivity index (χ0) is 18.0. The van der Waals surface area contributed by atoms with E-state index in [4.69, 9.17) is 9.47 Å². The minimum Gasteiger partial charge on any atom is -0.497 e. The molecule has 26 heavy (non-hydrogen) atoms. The number of fused-ring (bicyclic) bond motifs is 1. The van der Waals surface area contributed by atoms with Gasteiger partial charge >= 0.3 is 0 Å². The van der Waals surface area contributed by atoms with Crippen LogP contribution in [0.1, 0.15) is 29.5 Å². The van der Waals surface area contributed by atoms with E-state index in [-0.39, 0.29) is 5.91 Å². The van der Waals surface area contributed by atoms with E-state index in [0.717, 1.165) is 37.1 Å². The quantitative estimate of drug-likeness (QED) is 0.851. The van der Waals surface area contributed by atoms with Gasteiger partial charge in [-0.05, 0) is 48.1 Å². The molecule has 0 unspecified atom stereocenters. The summed E-state index contributed by atoms with van der Waals surface area (Å²) in [6.07, 6.45) is 2.39. The number of amides is 1. The number of hydrogen-bond acceptors (Lipinski definition) is 3. The number of hydrogen-bond donors (Lipinski definition) is 0. The highest BCUT2D eigenvalue weighted by molar-refractivity contribution is 5.88. The number of carbonyl (C=O) groups is 1. The molecule has 0 atom stereocenters. The summed E-state index contributed by atoms with van der Waals surface area (Å²) < 4.78 is 10.9. The molecular formula is C22H25NO3. The van der Waals surface area contributed by atoms with Gasteiger partial charge in [0.25, 0.3) is 0 Å². The molecule has 2 aliphatic heterocycles. The Hall–Kier alpha value is -2.33. The van der Waals surface area contributed by atoms with Gasteiger partial charge in [-0.1, -0.05) is 36.4 Å². The number of ether oxygens (including phenoxy) is 2. The van der Waals surface area contributed by atoms with Gasteiger partial charge in [-0.2, -0.15) is 0 Å². The molecule has 2 aromatic rings. The van der Waals surface area contributed by atoms with Gasteiger partial charge in [0.2, 0.25) is 5.91 Å². The molecule has 1 saturated heterocycles. The Morgan fingerprint density at radius 1 is 1.04 bits per heavy atom. The van der Waals surface area contributed by atoms with E-state index in [2.05, 4.69) is 24.3 Å². The summed E-state index contributed by atoms with van der Waals surface area (Å²) >= 11 is 0. The second-order valence-electron chi connectivity index (χ2n) is 7.17. The van der Waals surface area contributed by atoms with Crippen LogP contribution in [-0.4, -0.2) is 37.7 Å². The molecule has 1 fully saturated rings. The Balaban J connectivity index is 1.65. The molecular weight excluding hydrogens is 326 g/mol. The summed E-state index contributed by atoms with van der Waals surface area (Å²) in [5, 5.41) is 0. The second kappa shape index (κ2) is 7.12.